The average Bonchev–Trinajstić information content (AvgIpc) is 3.48. The third kappa shape index (κ3) is 2.91. The van der Waals surface area contributed by atoms with Crippen LogP contribution in [0.15, 0.2) is 33.8 Å². The summed E-state index contributed by atoms with van der Waals surface area (Å²) in [7, 11) is 1.77. The molecule has 5 rings (SSSR count). The monoisotopic (exact) mass is 410 g/mol. The molecule has 2 saturated heterocycles. The number of anilines is 1. The Bertz CT molecular complexity index is 1170. The van der Waals surface area contributed by atoms with Crippen LogP contribution in [0.25, 0.3) is 11.2 Å². The first kappa shape index (κ1) is 18.9. The second kappa shape index (κ2) is 6.45. The zero-order chi connectivity index (χ0) is 21.2. The van der Waals surface area contributed by atoms with E-state index in [4.69, 9.17) is 9.40 Å². The van der Waals surface area contributed by atoms with Crippen molar-refractivity contribution in [3.8, 4) is 0 Å². The second-order valence-electron chi connectivity index (χ2n) is 9.49. The highest BCUT2D eigenvalue weighted by Gasteiger charge is 2.46. The molecule has 0 spiro atoms. The highest BCUT2D eigenvalue weighted by Crippen LogP contribution is 2.35. The molecule has 30 heavy (non-hydrogen) atoms. The summed E-state index contributed by atoms with van der Waals surface area (Å²) in [6.45, 7) is 8.32. The van der Waals surface area contributed by atoms with E-state index >= 15 is 0 Å². The molecule has 0 radical (unpaired) electrons. The third-order valence-electron chi connectivity index (χ3n) is 6.01. The van der Waals surface area contributed by atoms with Crippen LogP contribution in [0.3, 0.4) is 0 Å². The van der Waals surface area contributed by atoms with Gasteiger partial charge in [0.1, 0.15) is 12.1 Å². The first-order valence-corrected chi connectivity index (χ1v) is 10.3. The minimum atomic E-state index is -0.155. The number of oxazole rings is 1. The normalized spacial score (nSPS) is 21.2. The molecule has 9 nitrogen and oxygen atoms in total. The Hall–Kier alpha value is -3.10. The van der Waals surface area contributed by atoms with Gasteiger partial charge in [-0.05, 0) is 24.0 Å². The van der Waals surface area contributed by atoms with Crippen molar-refractivity contribution in [3.05, 3.63) is 41.0 Å². The van der Waals surface area contributed by atoms with E-state index in [1.807, 2.05) is 17.0 Å². The first-order valence-electron chi connectivity index (χ1n) is 10.3. The van der Waals surface area contributed by atoms with Gasteiger partial charge in [-0.1, -0.05) is 20.8 Å². The number of pyridine rings is 1. The number of piperazine rings is 1. The summed E-state index contributed by atoms with van der Waals surface area (Å²) in [5.41, 5.74) is 1.49. The summed E-state index contributed by atoms with van der Waals surface area (Å²) >= 11 is 0. The van der Waals surface area contributed by atoms with E-state index in [1.165, 1.54) is 12.5 Å². The van der Waals surface area contributed by atoms with Crippen LogP contribution in [-0.2, 0) is 13.6 Å². The predicted molar refractivity (Wildman–Crippen MR) is 112 cm³/mol. The fraction of sp³-hybridized carbons (Fsp3) is 0.524. The molecule has 0 saturated carbocycles. The summed E-state index contributed by atoms with van der Waals surface area (Å²) in [6, 6.07) is 4.29. The Labute approximate surface area is 173 Å². The number of hydrogen-bond acceptors (Lipinski definition) is 6. The summed E-state index contributed by atoms with van der Waals surface area (Å²) in [5.74, 6) is 0.836. The maximum Gasteiger partial charge on any atom is 0.330 e. The molecule has 0 aliphatic carbocycles. The van der Waals surface area contributed by atoms with Gasteiger partial charge in [0.05, 0.1) is 23.8 Å². The summed E-state index contributed by atoms with van der Waals surface area (Å²) in [6.07, 6.45) is 3.81. The van der Waals surface area contributed by atoms with E-state index in [-0.39, 0.29) is 35.0 Å². The van der Waals surface area contributed by atoms with Crippen LogP contribution in [0.2, 0.25) is 0 Å². The number of aromatic nitrogens is 4. The Kier molecular flexibility index (Phi) is 4.06. The van der Waals surface area contributed by atoms with Crippen LogP contribution < -0.4 is 10.6 Å². The van der Waals surface area contributed by atoms with Gasteiger partial charge in [0.2, 0.25) is 0 Å². The molecule has 158 valence electrons. The number of nitrogens with zero attached hydrogens (tertiary/aromatic N) is 6. The Balaban J connectivity index is 1.41. The molecule has 2 fully saturated rings. The predicted octanol–water partition coefficient (Wildman–Crippen LogP) is 1.87. The molecule has 1 amide bonds. The molecule has 2 aliphatic heterocycles. The van der Waals surface area contributed by atoms with Crippen molar-refractivity contribution in [3.63, 3.8) is 0 Å². The van der Waals surface area contributed by atoms with Gasteiger partial charge in [0.15, 0.2) is 5.65 Å². The first-order chi connectivity index (χ1) is 14.2. The zero-order valence-corrected chi connectivity index (χ0v) is 17.7. The molecule has 3 aromatic heterocycles. The summed E-state index contributed by atoms with van der Waals surface area (Å²) in [5, 5.41) is 0. The van der Waals surface area contributed by atoms with Gasteiger partial charge >= 0.3 is 11.6 Å². The number of carbonyl (C=O) groups excluding carboxylic acids is 1. The Morgan fingerprint density at radius 1 is 1.23 bits per heavy atom. The van der Waals surface area contributed by atoms with Gasteiger partial charge in [0, 0.05) is 26.7 Å². The molecular formula is C21H26N6O3. The van der Waals surface area contributed by atoms with Crippen molar-refractivity contribution < 1.29 is 9.21 Å². The zero-order valence-electron chi connectivity index (χ0n) is 17.7. The van der Waals surface area contributed by atoms with Crippen LogP contribution in [0, 0.1) is 5.41 Å². The lowest BCUT2D eigenvalue weighted by Gasteiger charge is -2.34. The number of likely N-dealkylation sites (tertiary alicyclic amines) is 1. The maximum atomic E-state index is 12.8. The number of amides is 1. The van der Waals surface area contributed by atoms with Crippen molar-refractivity contribution in [2.45, 2.75) is 45.8 Å². The fourth-order valence-corrected chi connectivity index (χ4v) is 4.70. The van der Waals surface area contributed by atoms with E-state index < -0.39 is 0 Å². The number of fused-ring (bicyclic) bond motifs is 3. The van der Waals surface area contributed by atoms with Gasteiger partial charge < -0.3 is 14.2 Å². The molecule has 9 heteroatoms. The van der Waals surface area contributed by atoms with Crippen molar-refractivity contribution in [1.82, 2.24) is 24.0 Å². The van der Waals surface area contributed by atoms with Crippen LogP contribution in [0.5, 0.6) is 0 Å². The molecule has 3 aromatic rings. The van der Waals surface area contributed by atoms with Gasteiger partial charge in [-0.3, -0.25) is 13.9 Å². The molecule has 0 N–H and O–H groups in total. The second-order valence-corrected chi connectivity index (χ2v) is 9.49. The minimum absolute atomic E-state index is 0.0102. The SMILES string of the molecule is Cn1c(=O)n(CC(C)(C)C)c2ccc(N3C[C@H]4C[C@@H]3CN4C(=O)c3ncco3)nc21. The standard InChI is InChI=1S/C21H26N6O3/c1-21(2,3)12-27-15-5-6-16(23-17(15)24(4)20(27)29)25-10-14-9-13(25)11-26(14)19(28)18-22-7-8-30-18/h5-8,13-14H,9-12H2,1-4H3/t13-,14-/m1/s1. The highest BCUT2D eigenvalue weighted by atomic mass is 16.4. The Morgan fingerprint density at radius 2 is 2.03 bits per heavy atom. The van der Waals surface area contributed by atoms with Gasteiger partial charge in [-0.2, -0.15) is 0 Å². The van der Waals surface area contributed by atoms with Gasteiger partial charge in [-0.15, -0.1) is 0 Å². The lowest BCUT2D eigenvalue weighted by Crippen LogP contribution is -2.49. The van der Waals surface area contributed by atoms with Crippen molar-refractivity contribution >= 4 is 22.9 Å². The quantitative estimate of drug-likeness (QED) is 0.655. The lowest BCUT2D eigenvalue weighted by molar-refractivity contribution is 0.0685. The Morgan fingerprint density at radius 3 is 2.67 bits per heavy atom. The number of carbonyl (C=O) groups is 1. The van der Waals surface area contributed by atoms with E-state index in [9.17, 15) is 9.59 Å². The maximum absolute atomic E-state index is 12.8. The van der Waals surface area contributed by atoms with E-state index in [0.29, 0.717) is 25.3 Å². The van der Waals surface area contributed by atoms with Crippen LogP contribution in [-0.4, -0.2) is 55.1 Å². The molecule has 5 heterocycles. The number of imidazole rings is 1. The van der Waals surface area contributed by atoms with E-state index in [2.05, 4.69) is 30.7 Å². The van der Waals surface area contributed by atoms with Gasteiger partial charge in [0.25, 0.3) is 5.89 Å². The van der Waals surface area contributed by atoms with Crippen molar-refractivity contribution in [2.24, 2.45) is 12.5 Å². The summed E-state index contributed by atoms with van der Waals surface area (Å²) in [4.78, 5) is 38.3. The third-order valence-corrected chi connectivity index (χ3v) is 6.01. The average molecular weight is 410 g/mol. The van der Waals surface area contributed by atoms with E-state index in [1.54, 1.807) is 16.2 Å². The molecule has 0 aromatic carbocycles. The molecule has 0 unspecified atom stereocenters. The van der Waals surface area contributed by atoms with Crippen molar-refractivity contribution in [1.29, 1.82) is 0 Å². The molecular weight excluding hydrogens is 384 g/mol. The lowest BCUT2D eigenvalue weighted by atomic mass is 9.97. The molecule has 2 atom stereocenters. The number of aryl methyl sites for hydroxylation is 1. The number of rotatable bonds is 3. The van der Waals surface area contributed by atoms with Crippen molar-refractivity contribution in [2.75, 3.05) is 18.0 Å². The smallest absolute Gasteiger partial charge is 0.330 e. The highest BCUT2D eigenvalue weighted by molar-refractivity contribution is 5.90. The van der Waals surface area contributed by atoms with Crippen LogP contribution in [0.4, 0.5) is 5.82 Å². The summed E-state index contributed by atoms with van der Waals surface area (Å²) < 4.78 is 8.60. The largest absolute Gasteiger partial charge is 0.441 e. The fourth-order valence-electron chi connectivity index (χ4n) is 4.70. The van der Waals surface area contributed by atoms with E-state index in [0.717, 1.165) is 17.8 Å². The molecule has 2 bridgehead atoms. The topological polar surface area (TPSA) is 89.4 Å². The molecule has 2 aliphatic rings. The van der Waals surface area contributed by atoms with Gasteiger partial charge in [-0.25, -0.2) is 14.8 Å². The van der Waals surface area contributed by atoms with Crippen LogP contribution in [0.1, 0.15) is 37.9 Å². The van der Waals surface area contributed by atoms with Crippen LogP contribution >= 0.6 is 0 Å². The number of hydrogen-bond donors (Lipinski definition) is 0. The minimum Gasteiger partial charge on any atom is -0.441 e.